The molecule has 1 N–H and O–H groups in total. The Morgan fingerprint density at radius 1 is 1.32 bits per heavy atom. The van der Waals surface area contributed by atoms with Gasteiger partial charge >= 0.3 is 5.97 Å². The van der Waals surface area contributed by atoms with Gasteiger partial charge in [0.05, 0.1) is 5.92 Å². The van der Waals surface area contributed by atoms with Crippen LogP contribution in [0.25, 0.3) is 0 Å². The molecule has 0 amide bonds. The number of hydrogen-bond acceptors (Lipinski definition) is 3. The van der Waals surface area contributed by atoms with Crippen LogP contribution >= 0.6 is 0 Å². The van der Waals surface area contributed by atoms with Crippen molar-refractivity contribution >= 4 is 16.2 Å². The second kappa shape index (κ2) is 5.76. The highest BCUT2D eigenvalue weighted by atomic mass is 32.2. The highest BCUT2D eigenvalue weighted by molar-refractivity contribution is 7.86. The minimum absolute atomic E-state index is 0.104. The van der Waals surface area contributed by atoms with E-state index in [9.17, 15) is 13.2 Å². The summed E-state index contributed by atoms with van der Waals surface area (Å²) in [5.41, 5.74) is 0. The molecular formula is C12H22N2O4S. The molecule has 0 bridgehead atoms. The maximum atomic E-state index is 12.4. The average molecular weight is 290 g/mol. The van der Waals surface area contributed by atoms with Gasteiger partial charge < -0.3 is 5.11 Å². The normalized spacial score (nSPS) is 26.3. The number of piperidine rings is 1. The Morgan fingerprint density at radius 2 is 2.00 bits per heavy atom. The summed E-state index contributed by atoms with van der Waals surface area (Å²) in [6, 6.07) is 0. The fourth-order valence-corrected chi connectivity index (χ4v) is 4.21. The highest BCUT2D eigenvalue weighted by Gasteiger charge is 2.35. The third kappa shape index (κ3) is 3.27. The lowest BCUT2D eigenvalue weighted by atomic mass is 9.86. The highest BCUT2D eigenvalue weighted by Crippen LogP contribution is 2.28. The number of nitrogens with zero attached hydrogens (tertiary/aromatic N) is 2. The number of rotatable bonds is 5. The average Bonchev–Trinajstić information content (AvgIpc) is 2.33. The van der Waals surface area contributed by atoms with Crippen LogP contribution in [0.5, 0.6) is 0 Å². The van der Waals surface area contributed by atoms with Crippen LogP contribution in [0.15, 0.2) is 0 Å². The van der Waals surface area contributed by atoms with Gasteiger partial charge in [-0.15, -0.1) is 0 Å². The molecule has 0 spiro atoms. The lowest BCUT2D eigenvalue weighted by Crippen LogP contribution is -2.49. The van der Waals surface area contributed by atoms with E-state index in [0.717, 1.165) is 12.8 Å². The first-order chi connectivity index (χ1) is 8.91. The molecule has 1 heterocycles. The smallest absolute Gasteiger partial charge is 0.307 e. The molecule has 110 valence electrons. The van der Waals surface area contributed by atoms with Crippen molar-refractivity contribution in [3.63, 3.8) is 0 Å². The van der Waals surface area contributed by atoms with Gasteiger partial charge in [0.2, 0.25) is 0 Å². The molecule has 1 saturated carbocycles. The van der Waals surface area contributed by atoms with Gasteiger partial charge in [0.15, 0.2) is 0 Å². The van der Waals surface area contributed by atoms with Gasteiger partial charge in [-0.1, -0.05) is 6.42 Å². The second-order valence-corrected chi connectivity index (χ2v) is 7.66. The first-order valence-corrected chi connectivity index (χ1v) is 8.25. The first-order valence-electron chi connectivity index (χ1n) is 6.85. The van der Waals surface area contributed by atoms with E-state index >= 15 is 0 Å². The summed E-state index contributed by atoms with van der Waals surface area (Å²) < 4.78 is 27.5. The predicted molar refractivity (Wildman–Crippen MR) is 70.8 cm³/mol. The van der Waals surface area contributed by atoms with Gasteiger partial charge in [-0.2, -0.15) is 17.0 Å². The molecule has 0 aromatic rings. The van der Waals surface area contributed by atoms with E-state index in [1.54, 1.807) is 7.05 Å². The van der Waals surface area contributed by atoms with Gasteiger partial charge in [0, 0.05) is 26.7 Å². The summed E-state index contributed by atoms with van der Waals surface area (Å²) in [7, 11) is -1.90. The van der Waals surface area contributed by atoms with Gasteiger partial charge in [-0.25, -0.2) is 0 Å². The Morgan fingerprint density at radius 3 is 2.53 bits per heavy atom. The van der Waals surface area contributed by atoms with Gasteiger partial charge in [0.25, 0.3) is 10.2 Å². The summed E-state index contributed by atoms with van der Waals surface area (Å²) >= 11 is 0. The number of carboxylic acids is 1. The van der Waals surface area contributed by atoms with E-state index in [-0.39, 0.29) is 6.54 Å². The van der Waals surface area contributed by atoms with Crippen molar-refractivity contribution in [1.82, 2.24) is 8.61 Å². The van der Waals surface area contributed by atoms with Crippen LogP contribution in [0.4, 0.5) is 0 Å². The maximum Gasteiger partial charge on any atom is 0.307 e. The quantitative estimate of drug-likeness (QED) is 0.811. The molecule has 0 aromatic carbocycles. The lowest BCUT2D eigenvalue weighted by Gasteiger charge is -2.35. The molecular weight excluding hydrogens is 268 g/mol. The van der Waals surface area contributed by atoms with Gasteiger partial charge in [-0.3, -0.25) is 4.79 Å². The Hall–Kier alpha value is -0.660. The molecule has 2 fully saturated rings. The van der Waals surface area contributed by atoms with Crippen molar-refractivity contribution in [2.75, 3.05) is 26.7 Å². The second-order valence-electron chi connectivity index (χ2n) is 5.62. The molecule has 19 heavy (non-hydrogen) atoms. The van der Waals surface area contributed by atoms with E-state index < -0.39 is 22.1 Å². The van der Waals surface area contributed by atoms with E-state index in [4.69, 9.17) is 5.11 Å². The van der Waals surface area contributed by atoms with Crippen LogP contribution in [-0.2, 0) is 15.0 Å². The van der Waals surface area contributed by atoms with Crippen molar-refractivity contribution in [1.29, 1.82) is 0 Å². The minimum Gasteiger partial charge on any atom is -0.481 e. The number of hydrogen-bond donors (Lipinski definition) is 1. The molecule has 0 radical (unpaired) electrons. The summed E-state index contributed by atoms with van der Waals surface area (Å²) in [6.45, 7) is 1.09. The lowest BCUT2D eigenvalue weighted by molar-refractivity contribution is -0.142. The monoisotopic (exact) mass is 290 g/mol. The molecule has 2 aliphatic rings. The minimum atomic E-state index is -3.50. The third-order valence-electron chi connectivity index (χ3n) is 4.19. The van der Waals surface area contributed by atoms with Crippen LogP contribution in [0.3, 0.4) is 0 Å². The number of carboxylic acid groups (broad SMARTS) is 1. The first kappa shape index (κ1) is 14.7. The van der Waals surface area contributed by atoms with E-state index in [0.29, 0.717) is 31.8 Å². The summed E-state index contributed by atoms with van der Waals surface area (Å²) in [4.78, 5) is 11.0. The van der Waals surface area contributed by atoms with Crippen LogP contribution in [-0.4, -0.2) is 54.8 Å². The van der Waals surface area contributed by atoms with E-state index in [2.05, 4.69) is 0 Å². The Labute approximate surface area is 114 Å². The fourth-order valence-electron chi connectivity index (χ4n) is 2.68. The summed E-state index contributed by atoms with van der Waals surface area (Å²) in [5.74, 6) is -0.998. The van der Waals surface area contributed by atoms with Crippen molar-refractivity contribution < 1.29 is 18.3 Å². The Bertz CT molecular complexity index is 433. The van der Waals surface area contributed by atoms with Crippen LogP contribution in [0.2, 0.25) is 0 Å². The zero-order valence-electron chi connectivity index (χ0n) is 11.3. The molecule has 1 saturated heterocycles. The molecule has 2 rings (SSSR count). The predicted octanol–water partition coefficient (Wildman–Crippen LogP) is 0.760. The van der Waals surface area contributed by atoms with Crippen LogP contribution in [0.1, 0.15) is 32.1 Å². The summed E-state index contributed by atoms with van der Waals surface area (Å²) in [6.07, 6.45) is 4.56. The molecule has 1 unspecified atom stereocenters. The zero-order valence-corrected chi connectivity index (χ0v) is 12.1. The zero-order chi connectivity index (χ0) is 14.0. The van der Waals surface area contributed by atoms with Crippen molar-refractivity contribution in [3.05, 3.63) is 0 Å². The molecule has 1 aliphatic heterocycles. The van der Waals surface area contributed by atoms with Crippen LogP contribution in [0, 0.1) is 11.8 Å². The molecule has 0 aromatic heterocycles. The maximum absolute atomic E-state index is 12.4. The SMILES string of the molecule is CN(CC1CCC1)S(=O)(=O)N1CCCC(C(=O)O)C1. The fraction of sp³-hybridized carbons (Fsp3) is 0.917. The molecule has 7 heteroatoms. The topological polar surface area (TPSA) is 77.9 Å². The van der Waals surface area contributed by atoms with E-state index in [1.165, 1.54) is 15.0 Å². The molecule has 1 aliphatic carbocycles. The van der Waals surface area contributed by atoms with Crippen molar-refractivity contribution in [2.45, 2.75) is 32.1 Å². The largest absolute Gasteiger partial charge is 0.481 e. The van der Waals surface area contributed by atoms with Crippen molar-refractivity contribution in [3.8, 4) is 0 Å². The Kier molecular flexibility index (Phi) is 4.47. The van der Waals surface area contributed by atoms with E-state index in [1.807, 2.05) is 0 Å². The van der Waals surface area contributed by atoms with Gasteiger partial charge in [0.1, 0.15) is 0 Å². The molecule has 1 atom stereocenters. The Balaban J connectivity index is 1.99. The number of aliphatic carboxylic acids is 1. The molecule has 6 nitrogen and oxygen atoms in total. The third-order valence-corrected chi connectivity index (χ3v) is 6.11. The summed E-state index contributed by atoms with van der Waals surface area (Å²) in [5, 5.41) is 9.02. The van der Waals surface area contributed by atoms with Crippen LogP contribution < -0.4 is 0 Å². The standard InChI is InChI=1S/C12H22N2O4S/c1-13(8-10-4-2-5-10)19(17,18)14-7-3-6-11(9-14)12(15)16/h10-11H,2-9H2,1H3,(H,15,16). The number of carbonyl (C=O) groups is 1. The van der Waals surface area contributed by atoms with Gasteiger partial charge in [-0.05, 0) is 31.6 Å². The van der Waals surface area contributed by atoms with Crippen molar-refractivity contribution in [2.24, 2.45) is 11.8 Å².